The van der Waals surface area contributed by atoms with Crippen molar-refractivity contribution in [2.24, 2.45) is 0 Å². The van der Waals surface area contributed by atoms with Crippen molar-refractivity contribution >= 4 is 22.4 Å². The second kappa shape index (κ2) is 11.8. The molecule has 0 radical (unpaired) electrons. The Labute approximate surface area is 208 Å². The van der Waals surface area contributed by atoms with E-state index in [0.717, 1.165) is 64.2 Å². The zero-order valence-electron chi connectivity index (χ0n) is 20.1. The summed E-state index contributed by atoms with van der Waals surface area (Å²) >= 11 is 0. The third kappa shape index (κ3) is 6.18. The maximum Gasteiger partial charge on any atom is 0.163 e. The fraction of sp³-hybridized carbons (Fsp3) is 0.462. The first-order valence-corrected chi connectivity index (χ1v) is 12.3. The average molecular weight is 501 g/mol. The van der Waals surface area contributed by atoms with Crippen molar-refractivity contribution in [3.8, 4) is 11.5 Å². The van der Waals surface area contributed by atoms with Crippen LogP contribution in [0.15, 0.2) is 36.7 Å². The Morgan fingerprint density at radius 1 is 0.944 bits per heavy atom. The molecule has 0 saturated carbocycles. The lowest BCUT2D eigenvalue weighted by atomic mass is 10.1. The standard InChI is InChI=1S/C26H30F2N4O4/c27-21-3-2-18(14-22(21)28)31-26-20-15-25(36-19-4-10-33-11-5-19)24(16-23(20)29-17-30-26)35-9-1-6-32-7-12-34-13-8-32/h2-3,14-17,19H,1,4-13H2,(H,29,30,31). The number of rotatable bonds is 9. The molecule has 0 atom stereocenters. The van der Waals surface area contributed by atoms with Gasteiger partial charge in [-0.15, -0.1) is 0 Å². The number of ether oxygens (including phenoxy) is 4. The van der Waals surface area contributed by atoms with E-state index in [1.54, 1.807) is 0 Å². The van der Waals surface area contributed by atoms with Crippen LogP contribution in [-0.4, -0.2) is 73.6 Å². The number of aromatic nitrogens is 2. The first-order valence-electron chi connectivity index (χ1n) is 12.3. The Morgan fingerprint density at radius 2 is 1.75 bits per heavy atom. The second-order valence-corrected chi connectivity index (χ2v) is 8.88. The molecule has 1 aromatic heterocycles. The lowest BCUT2D eigenvalue weighted by molar-refractivity contribution is 0.0240. The minimum absolute atomic E-state index is 0.0131. The first-order chi connectivity index (χ1) is 17.7. The highest BCUT2D eigenvalue weighted by Gasteiger charge is 2.20. The predicted molar refractivity (Wildman–Crippen MR) is 131 cm³/mol. The van der Waals surface area contributed by atoms with Gasteiger partial charge in [0, 0.05) is 55.7 Å². The van der Waals surface area contributed by atoms with Gasteiger partial charge >= 0.3 is 0 Å². The molecule has 5 rings (SSSR count). The monoisotopic (exact) mass is 500 g/mol. The number of nitrogens with one attached hydrogen (secondary N) is 1. The van der Waals surface area contributed by atoms with Gasteiger partial charge in [0.2, 0.25) is 0 Å². The molecular weight excluding hydrogens is 470 g/mol. The Balaban J connectivity index is 1.37. The highest BCUT2D eigenvalue weighted by atomic mass is 19.2. The molecule has 10 heteroatoms. The number of hydrogen-bond donors (Lipinski definition) is 1. The van der Waals surface area contributed by atoms with Gasteiger partial charge in [-0.3, -0.25) is 4.90 Å². The number of halogens is 2. The van der Waals surface area contributed by atoms with Crippen molar-refractivity contribution in [1.29, 1.82) is 0 Å². The normalized spacial score (nSPS) is 17.3. The molecule has 36 heavy (non-hydrogen) atoms. The Bertz CT molecular complexity index is 1170. The van der Waals surface area contributed by atoms with Crippen molar-refractivity contribution < 1.29 is 27.7 Å². The fourth-order valence-electron chi connectivity index (χ4n) is 4.35. The minimum Gasteiger partial charge on any atom is -0.490 e. The van der Waals surface area contributed by atoms with Gasteiger partial charge in [0.25, 0.3) is 0 Å². The zero-order valence-corrected chi connectivity index (χ0v) is 20.1. The van der Waals surface area contributed by atoms with Crippen LogP contribution in [0.4, 0.5) is 20.3 Å². The molecule has 0 aliphatic carbocycles. The van der Waals surface area contributed by atoms with Gasteiger partial charge in [-0.2, -0.15) is 0 Å². The molecule has 2 aliphatic heterocycles. The molecule has 0 unspecified atom stereocenters. The van der Waals surface area contributed by atoms with Gasteiger partial charge < -0.3 is 24.3 Å². The number of benzene rings is 2. The van der Waals surface area contributed by atoms with Crippen LogP contribution in [0.5, 0.6) is 11.5 Å². The summed E-state index contributed by atoms with van der Waals surface area (Å²) in [5.74, 6) is -0.163. The molecule has 2 fully saturated rings. The quantitative estimate of drug-likeness (QED) is 0.436. The molecule has 3 heterocycles. The van der Waals surface area contributed by atoms with E-state index in [-0.39, 0.29) is 6.10 Å². The summed E-state index contributed by atoms with van der Waals surface area (Å²) in [5, 5.41) is 3.75. The van der Waals surface area contributed by atoms with Gasteiger partial charge in [-0.1, -0.05) is 0 Å². The molecule has 2 aliphatic rings. The SMILES string of the molecule is Fc1ccc(Nc2ncnc3cc(OCCCN4CCOCC4)c(OC4CCOCC4)cc23)cc1F. The lowest BCUT2D eigenvalue weighted by Gasteiger charge is -2.27. The van der Waals surface area contributed by atoms with Crippen molar-refractivity contribution in [3.05, 3.63) is 48.3 Å². The molecule has 3 aromatic rings. The van der Waals surface area contributed by atoms with Crippen molar-refractivity contribution in [2.75, 3.05) is 58.0 Å². The van der Waals surface area contributed by atoms with E-state index >= 15 is 0 Å². The highest BCUT2D eigenvalue weighted by molar-refractivity contribution is 5.93. The fourth-order valence-corrected chi connectivity index (χ4v) is 4.35. The summed E-state index contributed by atoms with van der Waals surface area (Å²) in [7, 11) is 0. The molecule has 2 aromatic carbocycles. The maximum atomic E-state index is 13.7. The third-order valence-electron chi connectivity index (χ3n) is 6.33. The molecule has 8 nitrogen and oxygen atoms in total. The second-order valence-electron chi connectivity index (χ2n) is 8.88. The van der Waals surface area contributed by atoms with Gasteiger partial charge in [0.15, 0.2) is 23.1 Å². The van der Waals surface area contributed by atoms with E-state index in [1.165, 1.54) is 12.4 Å². The van der Waals surface area contributed by atoms with Crippen LogP contribution in [0.2, 0.25) is 0 Å². The van der Waals surface area contributed by atoms with Crippen LogP contribution in [0, 0.1) is 11.6 Å². The van der Waals surface area contributed by atoms with Crippen LogP contribution < -0.4 is 14.8 Å². The highest BCUT2D eigenvalue weighted by Crippen LogP contribution is 2.36. The van der Waals surface area contributed by atoms with Crippen LogP contribution >= 0.6 is 0 Å². The Morgan fingerprint density at radius 3 is 2.56 bits per heavy atom. The molecule has 0 amide bonds. The van der Waals surface area contributed by atoms with Crippen molar-refractivity contribution in [3.63, 3.8) is 0 Å². The van der Waals surface area contributed by atoms with Crippen LogP contribution in [0.3, 0.4) is 0 Å². The van der Waals surface area contributed by atoms with Crippen LogP contribution in [0.1, 0.15) is 19.3 Å². The van der Waals surface area contributed by atoms with Gasteiger partial charge in [0.05, 0.1) is 38.6 Å². The Hall–Kier alpha value is -3.08. The number of fused-ring (bicyclic) bond motifs is 1. The third-order valence-corrected chi connectivity index (χ3v) is 6.33. The molecule has 2 saturated heterocycles. The van der Waals surface area contributed by atoms with Gasteiger partial charge in [0.1, 0.15) is 18.2 Å². The summed E-state index contributed by atoms with van der Waals surface area (Å²) in [6, 6.07) is 7.32. The summed E-state index contributed by atoms with van der Waals surface area (Å²) in [5.41, 5.74) is 1.03. The largest absolute Gasteiger partial charge is 0.490 e. The summed E-state index contributed by atoms with van der Waals surface area (Å²) in [4.78, 5) is 11.1. The minimum atomic E-state index is -0.935. The van der Waals surface area contributed by atoms with E-state index in [2.05, 4.69) is 20.2 Å². The number of morpholine rings is 1. The molecule has 0 bridgehead atoms. The summed E-state index contributed by atoms with van der Waals surface area (Å²) < 4.78 is 50.5. The predicted octanol–water partition coefficient (Wildman–Crippen LogP) is 4.31. The van der Waals surface area contributed by atoms with E-state index in [9.17, 15) is 8.78 Å². The smallest absolute Gasteiger partial charge is 0.163 e. The zero-order chi connectivity index (χ0) is 24.7. The molecule has 0 spiro atoms. The Kier molecular flexibility index (Phi) is 8.04. The molecular formula is C26H30F2N4O4. The molecule has 192 valence electrons. The first kappa shape index (κ1) is 24.6. The van der Waals surface area contributed by atoms with Crippen LogP contribution in [-0.2, 0) is 9.47 Å². The van der Waals surface area contributed by atoms with E-state index < -0.39 is 11.6 Å². The van der Waals surface area contributed by atoms with E-state index in [4.69, 9.17) is 18.9 Å². The maximum absolute atomic E-state index is 13.7. The van der Waals surface area contributed by atoms with E-state index in [0.29, 0.717) is 53.7 Å². The van der Waals surface area contributed by atoms with E-state index in [1.807, 2.05) is 12.1 Å². The number of nitrogens with zero attached hydrogens (tertiary/aromatic N) is 3. The summed E-state index contributed by atoms with van der Waals surface area (Å²) in [6.45, 7) is 6.22. The van der Waals surface area contributed by atoms with Crippen molar-refractivity contribution in [1.82, 2.24) is 14.9 Å². The molecule has 1 N–H and O–H groups in total. The van der Waals surface area contributed by atoms with Gasteiger partial charge in [-0.25, -0.2) is 18.7 Å². The number of hydrogen-bond acceptors (Lipinski definition) is 8. The summed E-state index contributed by atoms with van der Waals surface area (Å²) in [6.07, 6.45) is 3.89. The van der Waals surface area contributed by atoms with Crippen molar-refractivity contribution in [2.45, 2.75) is 25.4 Å². The van der Waals surface area contributed by atoms with Crippen LogP contribution in [0.25, 0.3) is 10.9 Å². The van der Waals surface area contributed by atoms with Gasteiger partial charge in [-0.05, 0) is 24.6 Å². The topological polar surface area (TPSA) is 78.0 Å². The average Bonchev–Trinajstić information content (AvgIpc) is 2.90. The number of anilines is 2. The lowest BCUT2D eigenvalue weighted by Crippen LogP contribution is -2.37.